The Morgan fingerprint density at radius 3 is 2.90 bits per heavy atom. The summed E-state index contributed by atoms with van der Waals surface area (Å²) < 4.78 is 5.71. The minimum Gasteiger partial charge on any atom is -0.491 e. The number of likely N-dealkylation sites (N-methyl/N-ethyl adjacent to an activating group) is 1. The molecule has 1 aromatic carbocycles. The summed E-state index contributed by atoms with van der Waals surface area (Å²) in [5, 5.41) is 12.8. The third-order valence-electron chi connectivity index (χ3n) is 5.12. The quantitative estimate of drug-likeness (QED) is 0.546. The number of anilines is 2. The van der Waals surface area contributed by atoms with Crippen LogP contribution in [0.15, 0.2) is 42.6 Å². The van der Waals surface area contributed by atoms with Gasteiger partial charge in [0.25, 0.3) is 0 Å². The molecule has 3 heterocycles. The molecule has 0 saturated carbocycles. The van der Waals surface area contributed by atoms with Crippen LogP contribution in [0.4, 0.5) is 11.6 Å². The Balaban J connectivity index is 1.59. The maximum atomic E-state index is 9.86. The lowest BCUT2D eigenvalue weighted by molar-refractivity contribution is 0.108. The van der Waals surface area contributed by atoms with Gasteiger partial charge in [-0.25, -0.2) is 9.97 Å². The number of nitrogens with two attached hydrogens (primary N) is 1. The lowest BCUT2D eigenvalue weighted by Crippen LogP contribution is -2.29. The number of pyridine rings is 1. The zero-order valence-corrected chi connectivity index (χ0v) is 17.2. The average molecular weight is 406 g/mol. The average Bonchev–Trinajstić information content (AvgIpc) is 3.18. The van der Waals surface area contributed by atoms with Gasteiger partial charge in [-0.15, -0.1) is 0 Å². The molecule has 0 bridgehead atoms. The monoisotopic (exact) mass is 406 g/mol. The van der Waals surface area contributed by atoms with Crippen molar-refractivity contribution in [3.05, 3.63) is 59.4 Å². The van der Waals surface area contributed by atoms with Crippen LogP contribution >= 0.6 is 0 Å². The van der Waals surface area contributed by atoms with Crippen LogP contribution in [0, 0.1) is 6.92 Å². The van der Waals surface area contributed by atoms with Crippen molar-refractivity contribution in [3.8, 4) is 17.1 Å². The largest absolute Gasteiger partial charge is 0.491 e. The van der Waals surface area contributed by atoms with Crippen molar-refractivity contribution in [2.75, 3.05) is 30.8 Å². The van der Waals surface area contributed by atoms with Gasteiger partial charge in [0.15, 0.2) is 5.82 Å². The van der Waals surface area contributed by atoms with Gasteiger partial charge in [-0.1, -0.05) is 18.2 Å². The van der Waals surface area contributed by atoms with Gasteiger partial charge < -0.3 is 25.8 Å². The van der Waals surface area contributed by atoms with Crippen LogP contribution in [0.2, 0.25) is 0 Å². The molecule has 8 nitrogen and oxygen atoms in total. The molecule has 0 saturated heterocycles. The van der Waals surface area contributed by atoms with Crippen LogP contribution in [0.3, 0.4) is 0 Å². The predicted molar refractivity (Wildman–Crippen MR) is 116 cm³/mol. The van der Waals surface area contributed by atoms with Gasteiger partial charge in [0.05, 0.1) is 12.2 Å². The number of aromatic nitrogens is 3. The summed E-state index contributed by atoms with van der Waals surface area (Å²) in [6.45, 7) is 4.04. The second-order valence-corrected chi connectivity index (χ2v) is 7.40. The molecule has 4 N–H and O–H groups in total. The van der Waals surface area contributed by atoms with Crippen LogP contribution < -0.4 is 20.7 Å². The molecule has 1 aliphatic rings. The number of ether oxygens (including phenoxy) is 1. The topological polar surface area (TPSA) is 109 Å². The molecular weight excluding hydrogens is 380 g/mol. The second kappa shape index (κ2) is 8.64. The Morgan fingerprint density at radius 1 is 1.23 bits per heavy atom. The van der Waals surface area contributed by atoms with E-state index in [9.17, 15) is 5.11 Å². The zero-order chi connectivity index (χ0) is 21.1. The molecule has 0 radical (unpaired) electrons. The van der Waals surface area contributed by atoms with Crippen molar-refractivity contribution in [1.82, 2.24) is 20.3 Å². The van der Waals surface area contributed by atoms with E-state index in [0.29, 0.717) is 30.5 Å². The normalized spacial score (nSPS) is 13.9. The molecule has 8 heteroatoms. The standard InChI is InChI=1S/C22H26N6O2/c1-14-20(23)26-21(15-5-3-7-18(9-15)30-13-17(29)10-24-2)27-22(14)28-11-16-6-4-8-25-19(16)12-28/h3-9,17,24,29H,10-13H2,1-2H3,(H2,23,26,27). The minimum absolute atomic E-state index is 0.200. The van der Waals surface area contributed by atoms with Crippen LogP contribution in [-0.4, -0.2) is 46.4 Å². The first kappa shape index (κ1) is 20.1. The third kappa shape index (κ3) is 4.19. The Kier molecular flexibility index (Phi) is 5.78. The van der Waals surface area contributed by atoms with Crippen LogP contribution in [0.25, 0.3) is 11.4 Å². The second-order valence-electron chi connectivity index (χ2n) is 7.40. The molecule has 0 amide bonds. The first-order chi connectivity index (χ1) is 14.5. The third-order valence-corrected chi connectivity index (χ3v) is 5.12. The summed E-state index contributed by atoms with van der Waals surface area (Å²) in [6.07, 6.45) is 1.23. The number of nitrogens with zero attached hydrogens (tertiary/aromatic N) is 4. The molecule has 30 heavy (non-hydrogen) atoms. The number of aliphatic hydroxyl groups excluding tert-OH is 1. The van der Waals surface area contributed by atoms with E-state index in [1.807, 2.05) is 43.5 Å². The van der Waals surface area contributed by atoms with E-state index in [1.54, 1.807) is 7.05 Å². The summed E-state index contributed by atoms with van der Waals surface area (Å²) >= 11 is 0. The fourth-order valence-corrected chi connectivity index (χ4v) is 3.52. The van der Waals surface area contributed by atoms with Crippen molar-refractivity contribution >= 4 is 11.6 Å². The Labute approximate surface area is 175 Å². The lowest BCUT2D eigenvalue weighted by Gasteiger charge is -2.20. The molecule has 1 atom stereocenters. The van der Waals surface area contributed by atoms with Crippen molar-refractivity contribution in [2.45, 2.75) is 26.1 Å². The van der Waals surface area contributed by atoms with Gasteiger partial charge in [-0.2, -0.15) is 0 Å². The first-order valence-corrected chi connectivity index (χ1v) is 9.93. The SMILES string of the molecule is CNCC(O)COc1cccc(-c2nc(N)c(C)c(N3Cc4cccnc4C3)n2)c1. The van der Waals surface area contributed by atoms with Gasteiger partial charge in [0.2, 0.25) is 0 Å². The van der Waals surface area contributed by atoms with Gasteiger partial charge >= 0.3 is 0 Å². The highest BCUT2D eigenvalue weighted by atomic mass is 16.5. The molecule has 156 valence electrons. The van der Waals surface area contributed by atoms with E-state index >= 15 is 0 Å². The molecule has 1 aliphatic heterocycles. The van der Waals surface area contributed by atoms with Gasteiger partial charge in [0.1, 0.15) is 30.1 Å². The van der Waals surface area contributed by atoms with E-state index in [4.69, 9.17) is 15.5 Å². The van der Waals surface area contributed by atoms with Crippen molar-refractivity contribution in [3.63, 3.8) is 0 Å². The number of hydrogen-bond acceptors (Lipinski definition) is 8. The number of benzene rings is 1. The smallest absolute Gasteiger partial charge is 0.164 e. The van der Waals surface area contributed by atoms with Gasteiger partial charge in [-0.3, -0.25) is 4.98 Å². The zero-order valence-electron chi connectivity index (χ0n) is 17.2. The Bertz CT molecular complexity index is 1020. The molecule has 0 aliphatic carbocycles. The minimum atomic E-state index is -0.582. The fraction of sp³-hybridized carbons (Fsp3) is 0.318. The highest BCUT2D eigenvalue weighted by molar-refractivity contribution is 5.66. The summed E-state index contributed by atoms with van der Waals surface area (Å²) in [5.41, 5.74) is 10.2. The molecule has 2 aromatic heterocycles. The van der Waals surface area contributed by atoms with E-state index in [-0.39, 0.29) is 6.61 Å². The predicted octanol–water partition coefficient (Wildman–Crippen LogP) is 1.91. The summed E-state index contributed by atoms with van der Waals surface area (Å²) in [7, 11) is 1.79. The van der Waals surface area contributed by atoms with E-state index < -0.39 is 6.10 Å². The maximum Gasteiger partial charge on any atom is 0.164 e. The van der Waals surface area contributed by atoms with E-state index in [1.165, 1.54) is 5.56 Å². The summed E-state index contributed by atoms with van der Waals surface area (Å²) in [5.74, 6) is 2.45. The lowest BCUT2D eigenvalue weighted by atomic mass is 10.2. The number of fused-ring (bicyclic) bond motifs is 1. The summed E-state index contributed by atoms with van der Waals surface area (Å²) in [4.78, 5) is 16.0. The molecule has 3 aromatic rings. The number of rotatable bonds is 7. The highest BCUT2D eigenvalue weighted by Crippen LogP contribution is 2.32. The molecule has 0 fully saturated rings. The fourth-order valence-electron chi connectivity index (χ4n) is 3.52. The van der Waals surface area contributed by atoms with Gasteiger partial charge in [-0.05, 0) is 37.7 Å². The Hall–Kier alpha value is -3.23. The molecule has 1 unspecified atom stereocenters. The number of nitrogen functional groups attached to an aromatic ring is 1. The number of nitrogens with one attached hydrogen (secondary N) is 1. The molecule has 4 rings (SSSR count). The van der Waals surface area contributed by atoms with Crippen LogP contribution in [-0.2, 0) is 13.1 Å². The number of aliphatic hydroxyl groups is 1. The number of hydrogen-bond donors (Lipinski definition) is 3. The molecular formula is C22H26N6O2. The highest BCUT2D eigenvalue weighted by Gasteiger charge is 2.24. The first-order valence-electron chi connectivity index (χ1n) is 9.93. The summed E-state index contributed by atoms with van der Waals surface area (Å²) in [6, 6.07) is 11.5. The molecule has 0 spiro atoms. The van der Waals surface area contributed by atoms with Crippen molar-refractivity contribution < 1.29 is 9.84 Å². The van der Waals surface area contributed by atoms with Gasteiger partial charge in [0, 0.05) is 30.4 Å². The van der Waals surface area contributed by atoms with Crippen molar-refractivity contribution in [2.24, 2.45) is 0 Å². The van der Waals surface area contributed by atoms with E-state index in [0.717, 1.165) is 29.2 Å². The van der Waals surface area contributed by atoms with Crippen LogP contribution in [0.5, 0.6) is 5.75 Å². The maximum absolute atomic E-state index is 9.86. The van der Waals surface area contributed by atoms with E-state index in [2.05, 4.69) is 26.3 Å². The van der Waals surface area contributed by atoms with Crippen LogP contribution in [0.1, 0.15) is 16.8 Å². The Morgan fingerprint density at radius 2 is 2.10 bits per heavy atom. The van der Waals surface area contributed by atoms with Crippen molar-refractivity contribution in [1.29, 1.82) is 0 Å².